The summed E-state index contributed by atoms with van der Waals surface area (Å²) in [6.07, 6.45) is 2.83. The van der Waals surface area contributed by atoms with Crippen molar-refractivity contribution in [3.8, 4) is 5.88 Å². The van der Waals surface area contributed by atoms with Crippen LogP contribution in [-0.4, -0.2) is 38.8 Å². The number of rotatable bonds is 5. The van der Waals surface area contributed by atoms with E-state index in [1.54, 1.807) is 43.6 Å². The molecular weight excluding hydrogens is 302 g/mol. The SMILES string of the molecule is COc1ccnc(N(C)C(C)c2ccc(S(C)(=O)=O)cc2)n1. The van der Waals surface area contributed by atoms with E-state index < -0.39 is 9.84 Å². The molecule has 1 unspecified atom stereocenters. The van der Waals surface area contributed by atoms with Crippen LogP contribution in [-0.2, 0) is 9.84 Å². The molecule has 0 saturated carbocycles. The topological polar surface area (TPSA) is 72.4 Å². The predicted octanol–water partition coefficient (Wildman–Crippen LogP) is 2.09. The molecule has 0 aliphatic rings. The van der Waals surface area contributed by atoms with Gasteiger partial charge in [-0.15, -0.1) is 0 Å². The van der Waals surface area contributed by atoms with Crippen LogP contribution in [0.15, 0.2) is 41.4 Å². The van der Waals surface area contributed by atoms with Gasteiger partial charge in [0.1, 0.15) is 0 Å². The van der Waals surface area contributed by atoms with Crippen molar-refractivity contribution in [2.75, 3.05) is 25.3 Å². The average molecular weight is 321 g/mol. The van der Waals surface area contributed by atoms with E-state index in [0.717, 1.165) is 5.56 Å². The maximum absolute atomic E-state index is 11.5. The predicted molar refractivity (Wildman–Crippen MR) is 85.0 cm³/mol. The number of sulfone groups is 1. The Kier molecular flexibility index (Phi) is 4.65. The Hall–Kier alpha value is -2.15. The molecule has 0 saturated heterocycles. The fourth-order valence-corrected chi connectivity index (χ4v) is 2.64. The highest BCUT2D eigenvalue weighted by molar-refractivity contribution is 7.90. The van der Waals surface area contributed by atoms with Gasteiger partial charge in [0.15, 0.2) is 9.84 Å². The minimum Gasteiger partial charge on any atom is -0.481 e. The van der Waals surface area contributed by atoms with Crippen molar-refractivity contribution in [2.24, 2.45) is 0 Å². The molecule has 22 heavy (non-hydrogen) atoms. The first kappa shape index (κ1) is 16.2. The fourth-order valence-electron chi connectivity index (χ4n) is 2.01. The molecule has 0 N–H and O–H groups in total. The number of methoxy groups -OCH3 is 1. The monoisotopic (exact) mass is 321 g/mol. The molecular formula is C15H19N3O3S. The van der Waals surface area contributed by atoms with Gasteiger partial charge in [0.25, 0.3) is 0 Å². The largest absolute Gasteiger partial charge is 0.481 e. The third-order valence-electron chi connectivity index (χ3n) is 3.51. The van der Waals surface area contributed by atoms with Crippen LogP contribution in [0, 0.1) is 0 Å². The van der Waals surface area contributed by atoms with Crippen LogP contribution < -0.4 is 9.64 Å². The summed E-state index contributed by atoms with van der Waals surface area (Å²) < 4.78 is 28.1. The molecule has 0 bridgehead atoms. The number of hydrogen-bond donors (Lipinski definition) is 0. The molecule has 2 rings (SSSR count). The first-order valence-electron chi connectivity index (χ1n) is 6.73. The first-order valence-corrected chi connectivity index (χ1v) is 8.62. The quantitative estimate of drug-likeness (QED) is 0.839. The normalized spacial score (nSPS) is 12.7. The number of hydrogen-bond acceptors (Lipinski definition) is 6. The van der Waals surface area contributed by atoms with Crippen LogP contribution in [0.25, 0.3) is 0 Å². The maximum atomic E-state index is 11.5. The van der Waals surface area contributed by atoms with E-state index in [1.165, 1.54) is 6.26 Å². The van der Waals surface area contributed by atoms with Crippen LogP contribution in [0.5, 0.6) is 5.88 Å². The van der Waals surface area contributed by atoms with E-state index in [4.69, 9.17) is 4.74 Å². The zero-order chi connectivity index (χ0) is 16.3. The molecule has 1 aromatic heterocycles. The Balaban J connectivity index is 2.24. The summed E-state index contributed by atoms with van der Waals surface area (Å²) >= 11 is 0. The Morgan fingerprint density at radius 3 is 2.36 bits per heavy atom. The highest BCUT2D eigenvalue weighted by Crippen LogP contribution is 2.24. The minimum absolute atomic E-state index is 0.0132. The lowest BCUT2D eigenvalue weighted by Crippen LogP contribution is -2.23. The van der Waals surface area contributed by atoms with Crippen molar-refractivity contribution in [1.82, 2.24) is 9.97 Å². The molecule has 1 atom stereocenters. The van der Waals surface area contributed by atoms with Gasteiger partial charge in [-0.1, -0.05) is 12.1 Å². The molecule has 2 aromatic rings. The van der Waals surface area contributed by atoms with Gasteiger partial charge >= 0.3 is 0 Å². The third kappa shape index (κ3) is 3.54. The number of ether oxygens (including phenoxy) is 1. The second-order valence-electron chi connectivity index (χ2n) is 5.03. The van der Waals surface area contributed by atoms with Crippen LogP contribution in [0.2, 0.25) is 0 Å². The molecule has 0 fully saturated rings. The van der Waals surface area contributed by atoms with E-state index in [-0.39, 0.29) is 6.04 Å². The van der Waals surface area contributed by atoms with Gasteiger partial charge in [0.2, 0.25) is 11.8 Å². The highest BCUT2D eigenvalue weighted by atomic mass is 32.2. The standard InChI is InChI=1S/C15H19N3O3S/c1-11(12-5-7-13(8-6-12)22(4,19)20)18(2)15-16-10-9-14(17-15)21-3/h5-11H,1-4H3. The molecule has 0 amide bonds. The molecule has 0 spiro atoms. The van der Waals surface area contributed by atoms with Gasteiger partial charge in [-0.3, -0.25) is 0 Å². The van der Waals surface area contributed by atoms with E-state index in [1.807, 2.05) is 18.9 Å². The summed E-state index contributed by atoms with van der Waals surface area (Å²) in [6, 6.07) is 8.50. The lowest BCUT2D eigenvalue weighted by molar-refractivity contribution is 0.396. The van der Waals surface area contributed by atoms with Crippen LogP contribution in [0.3, 0.4) is 0 Å². The number of anilines is 1. The van der Waals surface area contributed by atoms with Gasteiger partial charge < -0.3 is 9.64 Å². The average Bonchev–Trinajstić information content (AvgIpc) is 2.53. The molecule has 1 heterocycles. The highest BCUT2D eigenvalue weighted by Gasteiger charge is 2.16. The fraction of sp³-hybridized carbons (Fsp3) is 0.333. The Labute approximate surface area is 130 Å². The summed E-state index contributed by atoms with van der Waals surface area (Å²) in [5, 5.41) is 0. The van der Waals surface area contributed by atoms with Crippen molar-refractivity contribution in [3.63, 3.8) is 0 Å². The zero-order valence-corrected chi connectivity index (χ0v) is 13.8. The third-order valence-corrected chi connectivity index (χ3v) is 4.64. The van der Waals surface area contributed by atoms with E-state index in [0.29, 0.717) is 16.7 Å². The van der Waals surface area contributed by atoms with E-state index in [9.17, 15) is 8.42 Å². The van der Waals surface area contributed by atoms with Crippen molar-refractivity contribution in [2.45, 2.75) is 17.9 Å². The second kappa shape index (κ2) is 6.31. The zero-order valence-electron chi connectivity index (χ0n) is 13.0. The van der Waals surface area contributed by atoms with E-state index >= 15 is 0 Å². The minimum atomic E-state index is -3.18. The molecule has 0 aliphatic heterocycles. The molecule has 0 aliphatic carbocycles. The van der Waals surface area contributed by atoms with Crippen molar-refractivity contribution in [3.05, 3.63) is 42.1 Å². The summed E-state index contributed by atoms with van der Waals surface area (Å²) in [5.41, 5.74) is 0.973. The smallest absolute Gasteiger partial charge is 0.228 e. The Morgan fingerprint density at radius 1 is 1.18 bits per heavy atom. The van der Waals surface area contributed by atoms with Gasteiger partial charge in [-0.25, -0.2) is 13.4 Å². The molecule has 7 heteroatoms. The summed E-state index contributed by atoms with van der Waals surface area (Å²) in [5.74, 6) is 1.04. The van der Waals surface area contributed by atoms with Crippen LogP contribution >= 0.6 is 0 Å². The van der Waals surface area contributed by atoms with E-state index in [2.05, 4.69) is 9.97 Å². The summed E-state index contributed by atoms with van der Waals surface area (Å²) in [6.45, 7) is 2.00. The summed E-state index contributed by atoms with van der Waals surface area (Å²) in [7, 11) is 0.252. The summed E-state index contributed by atoms with van der Waals surface area (Å²) in [4.78, 5) is 10.7. The lowest BCUT2D eigenvalue weighted by Gasteiger charge is -2.25. The lowest BCUT2D eigenvalue weighted by atomic mass is 10.1. The van der Waals surface area contributed by atoms with Crippen molar-refractivity contribution < 1.29 is 13.2 Å². The van der Waals surface area contributed by atoms with Gasteiger partial charge in [-0.2, -0.15) is 4.98 Å². The first-order chi connectivity index (χ1) is 10.3. The Bertz CT molecular complexity index is 745. The maximum Gasteiger partial charge on any atom is 0.228 e. The number of aromatic nitrogens is 2. The van der Waals surface area contributed by atoms with Crippen LogP contribution in [0.1, 0.15) is 18.5 Å². The number of benzene rings is 1. The molecule has 6 nitrogen and oxygen atoms in total. The van der Waals surface area contributed by atoms with Crippen molar-refractivity contribution in [1.29, 1.82) is 0 Å². The molecule has 1 aromatic carbocycles. The van der Waals surface area contributed by atoms with Crippen molar-refractivity contribution >= 4 is 15.8 Å². The number of nitrogens with zero attached hydrogens (tertiary/aromatic N) is 3. The van der Waals surface area contributed by atoms with Gasteiger partial charge in [-0.05, 0) is 24.6 Å². The molecule has 0 radical (unpaired) electrons. The van der Waals surface area contributed by atoms with Crippen LogP contribution in [0.4, 0.5) is 5.95 Å². The Morgan fingerprint density at radius 2 is 1.82 bits per heavy atom. The van der Waals surface area contributed by atoms with Gasteiger partial charge in [0, 0.05) is 25.6 Å². The molecule has 118 valence electrons. The van der Waals surface area contributed by atoms with Gasteiger partial charge in [0.05, 0.1) is 18.0 Å². The second-order valence-corrected chi connectivity index (χ2v) is 7.04.